The van der Waals surface area contributed by atoms with E-state index < -0.39 is 6.10 Å². The molecule has 1 fully saturated rings. The van der Waals surface area contributed by atoms with Crippen molar-refractivity contribution in [2.24, 2.45) is 5.92 Å². The SMILES string of the molecule is CCC(=O)N1CCCCC1C(=O)NCC(O)C(C)C. The van der Waals surface area contributed by atoms with Crippen LogP contribution in [0, 0.1) is 5.92 Å². The number of hydrogen-bond donors (Lipinski definition) is 2. The zero-order valence-corrected chi connectivity index (χ0v) is 12.2. The minimum Gasteiger partial charge on any atom is -0.391 e. The van der Waals surface area contributed by atoms with Crippen LogP contribution >= 0.6 is 0 Å². The molecule has 1 rings (SSSR count). The lowest BCUT2D eigenvalue weighted by Gasteiger charge is -2.34. The molecule has 0 radical (unpaired) electrons. The first-order valence-electron chi connectivity index (χ1n) is 7.22. The molecule has 1 aliphatic rings. The molecule has 0 aromatic rings. The van der Waals surface area contributed by atoms with Gasteiger partial charge in [0.05, 0.1) is 6.10 Å². The van der Waals surface area contributed by atoms with Gasteiger partial charge < -0.3 is 15.3 Å². The predicted molar refractivity (Wildman–Crippen MR) is 73.5 cm³/mol. The summed E-state index contributed by atoms with van der Waals surface area (Å²) < 4.78 is 0. The largest absolute Gasteiger partial charge is 0.391 e. The molecule has 2 atom stereocenters. The standard InChI is InChI=1S/C14H26N2O3/c1-4-13(18)16-8-6-5-7-11(16)14(19)15-9-12(17)10(2)3/h10-12,17H,4-9H2,1-3H3,(H,15,19). The average molecular weight is 270 g/mol. The second-order valence-corrected chi connectivity index (χ2v) is 5.51. The van der Waals surface area contributed by atoms with E-state index >= 15 is 0 Å². The Bertz CT molecular complexity index is 318. The smallest absolute Gasteiger partial charge is 0.242 e. The Balaban J connectivity index is 2.55. The molecule has 0 aromatic carbocycles. The van der Waals surface area contributed by atoms with Crippen molar-refractivity contribution in [2.45, 2.75) is 58.6 Å². The summed E-state index contributed by atoms with van der Waals surface area (Å²) in [6.45, 7) is 6.54. The van der Waals surface area contributed by atoms with E-state index in [4.69, 9.17) is 0 Å². The molecule has 1 heterocycles. The molecule has 1 saturated heterocycles. The fourth-order valence-electron chi connectivity index (χ4n) is 2.26. The second kappa shape index (κ2) is 7.48. The fourth-order valence-corrected chi connectivity index (χ4v) is 2.26. The van der Waals surface area contributed by atoms with Gasteiger partial charge in [0, 0.05) is 19.5 Å². The third kappa shape index (κ3) is 4.49. The van der Waals surface area contributed by atoms with E-state index in [9.17, 15) is 14.7 Å². The summed E-state index contributed by atoms with van der Waals surface area (Å²) >= 11 is 0. The van der Waals surface area contributed by atoms with Crippen LogP contribution in [0.3, 0.4) is 0 Å². The third-order valence-electron chi connectivity index (χ3n) is 3.68. The lowest BCUT2D eigenvalue weighted by atomic mass is 10.0. The Morgan fingerprint density at radius 3 is 2.63 bits per heavy atom. The molecule has 5 heteroatoms. The monoisotopic (exact) mass is 270 g/mol. The fraction of sp³-hybridized carbons (Fsp3) is 0.857. The van der Waals surface area contributed by atoms with E-state index in [0.717, 1.165) is 19.3 Å². The lowest BCUT2D eigenvalue weighted by Crippen LogP contribution is -2.52. The lowest BCUT2D eigenvalue weighted by molar-refractivity contribution is -0.142. The van der Waals surface area contributed by atoms with Gasteiger partial charge in [-0.25, -0.2) is 0 Å². The van der Waals surface area contributed by atoms with Crippen molar-refractivity contribution in [3.05, 3.63) is 0 Å². The van der Waals surface area contributed by atoms with E-state index in [-0.39, 0.29) is 30.3 Å². The van der Waals surface area contributed by atoms with Gasteiger partial charge in [0.25, 0.3) is 0 Å². The number of likely N-dealkylation sites (tertiary alicyclic amines) is 1. The molecule has 0 aliphatic carbocycles. The Morgan fingerprint density at radius 2 is 2.05 bits per heavy atom. The van der Waals surface area contributed by atoms with Crippen molar-refractivity contribution in [1.29, 1.82) is 0 Å². The number of piperidine rings is 1. The predicted octanol–water partition coefficient (Wildman–Crippen LogP) is 0.911. The van der Waals surface area contributed by atoms with Crippen molar-refractivity contribution in [3.63, 3.8) is 0 Å². The number of hydrogen-bond acceptors (Lipinski definition) is 3. The molecule has 110 valence electrons. The van der Waals surface area contributed by atoms with E-state index in [0.29, 0.717) is 13.0 Å². The number of aliphatic hydroxyl groups excluding tert-OH is 1. The number of rotatable bonds is 5. The minimum absolute atomic E-state index is 0.0317. The second-order valence-electron chi connectivity index (χ2n) is 5.51. The summed E-state index contributed by atoms with van der Waals surface area (Å²) in [5.74, 6) is 0.00508. The number of nitrogens with one attached hydrogen (secondary N) is 1. The molecular formula is C14H26N2O3. The first-order chi connectivity index (χ1) is 8.97. The average Bonchev–Trinajstić information content (AvgIpc) is 2.43. The summed E-state index contributed by atoms with van der Waals surface area (Å²) in [4.78, 5) is 25.6. The maximum atomic E-state index is 12.1. The van der Waals surface area contributed by atoms with Gasteiger partial charge in [-0.1, -0.05) is 20.8 Å². The molecule has 1 aliphatic heterocycles. The molecule has 2 unspecified atom stereocenters. The van der Waals surface area contributed by atoms with Gasteiger partial charge in [-0.05, 0) is 25.2 Å². The molecule has 0 saturated carbocycles. The van der Waals surface area contributed by atoms with Crippen LogP contribution in [0.25, 0.3) is 0 Å². The molecular weight excluding hydrogens is 244 g/mol. The first-order valence-corrected chi connectivity index (χ1v) is 7.22. The van der Waals surface area contributed by atoms with Gasteiger partial charge in [-0.2, -0.15) is 0 Å². The highest BCUT2D eigenvalue weighted by molar-refractivity contribution is 5.87. The maximum Gasteiger partial charge on any atom is 0.242 e. The van der Waals surface area contributed by atoms with E-state index in [1.807, 2.05) is 20.8 Å². The van der Waals surface area contributed by atoms with Gasteiger partial charge in [-0.15, -0.1) is 0 Å². The van der Waals surface area contributed by atoms with Crippen molar-refractivity contribution < 1.29 is 14.7 Å². The summed E-state index contributed by atoms with van der Waals surface area (Å²) in [7, 11) is 0. The molecule has 0 spiro atoms. The highest BCUT2D eigenvalue weighted by Crippen LogP contribution is 2.18. The van der Waals surface area contributed by atoms with Crippen molar-refractivity contribution in [3.8, 4) is 0 Å². The summed E-state index contributed by atoms with van der Waals surface area (Å²) in [5, 5.41) is 12.5. The molecule has 0 bridgehead atoms. The van der Waals surface area contributed by atoms with Crippen LogP contribution in [0.2, 0.25) is 0 Å². The van der Waals surface area contributed by atoms with Gasteiger partial charge >= 0.3 is 0 Å². The number of aliphatic hydroxyl groups is 1. The summed E-state index contributed by atoms with van der Waals surface area (Å²) in [6.07, 6.45) is 2.54. The van der Waals surface area contributed by atoms with Gasteiger partial charge in [0.1, 0.15) is 6.04 Å². The van der Waals surface area contributed by atoms with Crippen molar-refractivity contribution >= 4 is 11.8 Å². The zero-order chi connectivity index (χ0) is 14.4. The summed E-state index contributed by atoms with van der Waals surface area (Å²) in [6, 6.07) is -0.361. The van der Waals surface area contributed by atoms with Crippen LogP contribution in [-0.4, -0.2) is 47.1 Å². The molecule has 2 amide bonds. The van der Waals surface area contributed by atoms with Crippen molar-refractivity contribution in [1.82, 2.24) is 10.2 Å². The highest BCUT2D eigenvalue weighted by atomic mass is 16.3. The van der Waals surface area contributed by atoms with Crippen molar-refractivity contribution in [2.75, 3.05) is 13.1 Å². The Labute approximate surface area is 115 Å². The molecule has 5 nitrogen and oxygen atoms in total. The zero-order valence-electron chi connectivity index (χ0n) is 12.2. The Kier molecular flexibility index (Phi) is 6.28. The van der Waals surface area contributed by atoms with E-state index in [1.165, 1.54) is 0 Å². The van der Waals surface area contributed by atoms with Gasteiger partial charge in [-0.3, -0.25) is 9.59 Å². The third-order valence-corrected chi connectivity index (χ3v) is 3.68. The normalized spacial score (nSPS) is 21.3. The quantitative estimate of drug-likeness (QED) is 0.780. The molecule has 19 heavy (non-hydrogen) atoms. The van der Waals surface area contributed by atoms with Crippen LogP contribution in [0.15, 0.2) is 0 Å². The topological polar surface area (TPSA) is 69.6 Å². The van der Waals surface area contributed by atoms with Gasteiger partial charge in [0.2, 0.25) is 11.8 Å². The highest BCUT2D eigenvalue weighted by Gasteiger charge is 2.31. The summed E-state index contributed by atoms with van der Waals surface area (Å²) in [5.41, 5.74) is 0. The Morgan fingerprint density at radius 1 is 1.37 bits per heavy atom. The minimum atomic E-state index is -0.539. The number of carbonyl (C=O) groups is 2. The number of nitrogens with zero attached hydrogens (tertiary/aromatic N) is 1. The molecule has 2 N–H and O–H groups in total. The van der Waals surface area contributed by atoms with Gasteiger partial charge in [0.15, 0.2) is 0 Å². The van der Waals surface area contributed by atoms with Crippen LogP contribution in [0.1, 0.15) is 46.5 Å². The van der Waals surface area contributed by atoms with E-state index in [2.05, 4.69) is 5.32 Å². The van der Waals surface area contributed by atoms with Crippen LogP contribution in [0.5, 0.6) is 0 Å². The maximum absolute atomic E-state index is 12.1. The number of amides is 2. The van der Waals surface area contributed by atoms with Crippen LogP contribution in [0.4, 0.5) is 0 Å². The Hall–Kier alpha value is -1.10. The number of carbonyl (C=O) groups excluding carboxylic acids is 2. The van der Waals surface area contributed by atoms with E-state index in [1.54, 1.807) is 4.90 Å². The molecule has 0 aromatic heterocycles. The van der Waals surface area contributed by atoms with Crippen LogP contribution in [-0.2, 0) is 9.59 Å². The van der Waals surface area contributed by atoms with Crippen LogP contribution < -0.4 is 5.32 Å². The first kappa shape index (κ1) is 16.0.